The molecule has 2 rings (SSSR count). The van der Waals surface area contributed by atoms with E-state index < -0.39 is 36.3 Å². The van der Waals surface area contributed by atoms with Crippen molar-refractivity contribution in [3.63, 3.8) is 0 Å². The van der Waals surface area contributed by atoms with Crippen LogP contribution in [0.25, 0.3) is 0 Å². The molecule has 0 aliphatic rings. The van der Waals surface area contributed by atoms with Crippen molar-refractivity contribution in [3.8, 4) is 0 Å². The number of hydrogen-bond acceptors (Lipinski definition) is 5. The van der Waals surface area contributed by atoms with Crippen molar-refractivity contribution in [2.75, 3.05) is 13.2 Å². The minimum atomic E-state index is -1.26. The van der Waals surface area contributed by atoms with Gasteiger partial charge in [0.1, 0.15) is 17.7 Å². The standard InChI is InChI=1S/C28H39N3O5/c1-6-7-17-31(26(34)23(19-32)30-27(35)36-28(3,4)5)24(22-15-13-20(2)14-16-22)25(33)29-18-21-11-9-8-10-12-21/h8-16,23-24,32H,6-7,17-19H2,1-5H3,(H,29,33)(H,30,35). The molecule has 2 atom stereocenters. The number of benzene rings is 2. The number of unbranched alkanes of at least 4 members (excludes halogenated alkanes) is 1. The molecule has 8 heteroatoms. The Kier molecular flexibility index (Phi) is 10.9. The first-order valence-electron chi connectivity index (χ1n) is 12.3. The normalized spacial score (nSPS) is 12.8. The van der Waals surface area contributed by atoms with Gasteiger partial charge in [0.05, 0.1) is 6.61 Å². The summed E-state index contributed by atoms with van der Waals surface area (Å²) in [5.74, 6) is -0.904. The van der Waals surface area contributed by atoms with Crippen LogP contribution >= 0.6 is 0 Å². The summed E-state index contributed by atoms with van der Waals surface area (Å²) >= 11 is 0. The lowest BCUT2D eigenvalue weighted by Crippen LogP contribution is -2.54. The summed E-state index contributed by atoms with van der Waals surface area (Å²) < 4.78 is 5.26. The molecule has 36 heavy (non-hydrogen) atoms. The highest BCUT2D eigenvalue weighted by molar-refractivity contribution is 5.92. The molecule has 2 aromatic carbocycles. The molecule has 0 saturated carbocycles. The monoisotopic (exact) mass is 497 g/mol. The molecule has 0 spiro atoms. The molecule has 0 saturated heterocycles. The number of nitrogens with one attached hydrogen (secondary N) is 2. The van der Waals surface area contributed by atoms with E-state index in [0.717, 1.165) is 17.5 Å². The fourth-order valence-corrected chi connectivity index (χ4v) is 3.63. The summed E-state index contributed by atoms with van der Waals surface area (Å²) in [5.41, 5.74) is 1.83. The number of nitrogens with zero attached hydrogens (tertiary/aromatic N) is 1. The maximum atomic E-state index is 13.7. The highest BCUT2D eigenvalue weighted by Crippen LogP contribution is 2.24. The Balaban J connectivity index is 2.37. The molecule has 0 aromatic heterocycles. The Labute approximate surface area is 214 Å². The van der Waals surface area contributed by atoms with Crippen molar-refractivity contribution in [1.82, 2.24) is 15.5 Å². The average Bonchev–Trinajstić information content (AvgIpc) is 2.83. The second-order valence-electron chi connectivity index (χ2n) is 9.78. The molecular weight excluding hydrogens is 458 g/mol. The lowest BCUT2D eigenvalue weighted by molar-refractivity contribution is -0.143. The third-order valence-corrected chi connectivity index (χ3v) is 5.47. The van der Waals surface area contributed by atoms with E-state index in [1.165, 1.54) is 4.90 Å². The minimum Gasteiger partial charge on any atom is -0.444 e. The molecule has 8 nitrogen and oxygen atoms in total. The molecule has 0 radical (unpaired) electrons. The van der Waals surface area contributed by atoms with E-state index in [9.17, 15) is 19.5 Å². The number of amides is 3. The van der Waals surface area contributed by atoms with E-state index >= 15 is 0 Å². The van der Waals surface area contributed by atoms with Gasteiger partial charge in [-0.05, 0) is 45.2 Å². The number of hydrogen-bond donors (Lipinski definition) is 3. The van der Waals surface area contributed by atoms with Crippen molar-refractivity contribution in [1.29, 1.82) is 0 Å². The number of ether oxygens (including phenoxy) is 1. The van der Waals surface area contributed by atoms with Crippen LogP contribution in [0.15, 0.2) is 54.6 Å². The summed E-state index contributed by atoms with van der Waals surface area (Å²) in [4.78, 5) is 41.0. The second-order valence-corrected chi connectivity index (χ2v) is 9.78. The van der Waals surface area contributed by atoms with Gasteiger partial charge in [0.25, 0.3) is 0 Å². The zero-order valence-electron chi connectivity index (χ0n) is 21.9. The van der Waals surface area contributed by atoms with Gasteiger partial charge in [-0.25, -0.2) is 4.79 Å². The van der Waals surface area contributed by atoms with Gasteiger partial charge in [0.2, 0.25) is 11.8 Å². The largest absolute Gasteiger partial charge is 0.444 e. The highest BCUT2D eigenvalue weighted by atomic mass is 16.6. The Morgan fingerprint density at radius 3 is 2.22 bits per heavy atom. The molecule has 0 bridgehead atoms. The van der Waals surface area contributed by atoms with Crippen molar-refractivity contribution in [2.45, 2.75) is 71.7 Å². The second kappa shape index (κ2) is 13.6. The summed E-state index contributed by atoms with van der Waals surface area (Å²) in [6, 6.07) is 14.7. The lowest BCUT2D eigenvalue weighted by Gasteiger charge is -2.34. The predicted octanol–water partition coefficient (Wildman–Crippen LogP) is 3.87. The molecule has 2 unspecified atom stereocenters. The van der Waals surface area contributed by atoms with Crippen molar-refractivity contribution in [2.24, 2.45) is 0 Å². The third-order valence-electron chi connectivity index (χ3n) is 5.47. The van der Waals surface area contributed by atoms with Gasteiger partial charge in [0, 0.05) is 13.1 Å². The van der Waals surface area contributed by atoms with Crippen LogP contribution in [0.1, 0.15) is 63.3 Å². The lowest BCUT2D eigenvalue weighted by atomic mass is 10.0. The zero-order chi connectivity index (χ0) is 26.7. The van der Waals surface area contributed by atoms with Gasteiger partial charge in [0.15, 0.2) is 0 Å². The van der Waals surface area contributed by atoms with E-state index in [2.05, 4.69) is 10.6 Å². The molecule has 2 aromatic rings. The zero-order valence-corrected chi connectivity index (χ0v) is 21.9. The van der Waals surface area contributed by atoms with Crippen LogP contribution in [0, 0.1) is 6.92 Å². The first-order chi connectivity index (χ1) is 17.1. The number of carbonyl (C=O) groups is 3. The van der Waals surface area contributed by atoms with E-state index in [0.29, 0.717) is 18.5 Å². The molecule has 196 valence electrons. The van der Waals surface area contributed by atoms with Crippen LogP contribution in [-0.2, 0) is 20.9 Å². The topological polar surface area (TPSA) is 108 Å². The van der Waals surface area contributed by atoms with Crippen LogP contribution in [0.4, 0.5) is 4.79 Å². The van der Waals surface area contributed by atoms with Crippen LogP contribution in [0.5, 0.6) is 0 Å². The fraction of sp³-hybridized carbons (Fsp3) is 0.464. The molecule has 3 N–H and O–H groups in total. The van der Waals surface area contributed by atoms with Crippen molar-refractivity contribution in [3.05, 3.63) is 71.3 Å². The van der Waals surface area contributed by atoms with Crippen LogP contribution in [0.3, 0.4) is 0 Å². The third kappa shape index (κ3) is 9.00. The SMILES string of the molecule is CCCCN(C(=O)C(CO)NC(=O)OC(C)(C)C)C(C(=O)NCc1ccccc1)c1ccc(C)cc1. The van der Waals surface area contributed by atoms with Crippen molar-refractivity contribution < 1.29 is 24.2 Å². The predicted molar refractivity (Wildman–Crippen MR) is 139 cm³/mol. The minimum absolute atomic E-state index is 0.277. The van der Waals surface area contributed by atoms with Gasteiger partial charge in [-0.1, -0.05) is 73.5 Å². The van der Waals surface area contributed by atoms with Gasteiger partial charge < -0.3 is 25.4 Å². The molecule has 0 heterocycles. The smallest absolute Gasteiger partial charge is 0.408 e. The summed E-state index contributed by atoms with van der Waals surface area (Å²) in [7, 11) is 0. The van der Waals surface area contributed by atoms with E-state index in [1.807, 2.05) is 68.4 Å². The highest BCUT2D eigenvalue weighted by Gasteiger charge is 2.35. The van der Waals surface area contributed by atoms with E-state index in [1.54, 1.807) is 20.8 Å². The van der Waals surface area contributed by atoms with E-state index in [-0.39, 0.29) is 12.5 Å². The summed E-state index contributed by atoms with van der Waals surface area (Å²) in [6.45, 7) is 9.01. The van der Waals surface area contributed by atoms with Gasteiger partial charge >= 0.3 is 6.09 Å². The average molecular weight is 498 g/mol. The first kappa shape index (κ1) is 28.8. The maximum absolute atomic E-state index is 13.7. The summed E-state index contributed by atoms with van der Waals surface area (Å²) in [5, 5.41) is 15.4. The van der Waals surface area contributed by atoms with Gasteiger partial charge in [-0.15, -0.1) is 0 Å². The fourth-order valence-electron chi connectivity index (χ4n) is 3.63. The number of aliphatic hydroxyl groups is 1. The number of aryl methyl sites for hydroxylation is 1. The molecule has 3 amide bonds. The number of aliphatic hydroxyl groups excluding tert-OH is 1. The number of rotatable bonds is 11. The van der Waals surface area contributed by atoms with Gasteiger partial charge in [-0.3, -0.25) is 9.59 Å². The first-order valence-corrected chi connectivity index (χ1v) is 12.3. The van der Waals surface area contributed by atoms with Crippen LogP contribution < -0.4 is 10.6 Å². The summed E-state index contributed by atoms with van der Waals surface area (Å²) in [6.07, 6.45) is 0.620. The Hall–Kier alpha value is -3.39. The van der Waals surface area contributed by atoms with Crippen LogP contribution in [-0.4, -0.2) is 52.7 Å². The maximum Gasteiger partial charge on any atom is 0.408 e. The van der Waals surface area contributed by atoms with Gasteiger partial charge in [-0.2, -0.15) is 0 Å². The molecule has 0 fully saturated rings. The number of alkyl carbamates (subject to hydrolysis) is 1. The van der Waals surface area contributed by atoms with Crippen LogP contribution in [0.2, 0.25) is 0 Å². The van der Waals surface area contributed by atoms with Crippen molar-refractivity contribution >= 4 is 17.9 Å². The Morgan fingerprint density at radius 2 is 1.67 bits per heavy atom. The Morgan fingerprint density at radius 1 is 1.03 bits per heavy atom. The molecule has 0 aliphatic heterocycles. The molecule has 0 aliphatic carbocycles. The Bertz CT molecular complexity index is 986. The number of carbonyl (C=O) groups excluding carboxylic acids is 3. The van der Waals surface area contributed by atoms with E-state index in [4.69, 9.17) is 4.74 Å². The quantitative estimate of drug-likeness (QED) is 0.437. The molecular formula is C28H39N3O5.